The molecule has 0 bridgehead atoms. The molecule has 0 amide bonds. The lowest BCUT2D eigenvalue weighted by atomic mass is 10.1. The lowest BCUT2D eigenvalue weighted by molar-refractivity contribution is 0.288. The number of likely N-dealkylation sites (tertiary alicyclic amines) is 1. The van der Waals surface area contributed by atoms with Crippen LogP contribution in [0.15, 0.2) is 5.16 Å². The van der Waals surface area contributed by atoms with Crippen molar-refractivity contribution in [1.29, 1.82) is 0 Å². The Hall–Kier alpha value is -0.810. The first-order valence-electron chi connectivity index (χ1n) is 6.13. The second-order valence-electron chi connectivity index (χ2n) is 4.56. The summed E-state index contributed by atoms with van der Waals surface area (Å²) in [6.07, 6.45) is 3.45. The van der Waals surface area contributed by atoms with Crippen molar-refractivity contribution in [3.63, 3.8) is 0 Å². The van der Waals surface area contributed by atoms with Crippen LogP contribution in [-0.2, 0) is 0 Å². The van der Waals surface area contributed by atoms with Crippen molar-refractivity contribution in [2.45, 2.75) is 45.2 Å². The summed E-state index contributed by atoms with van der Waals surface area (Å²) in [6.45, 7) is 7.61. The van der Waals surface area contributed by atoms with E-state index < -0.39 is 0 Å². The van der Waals surface area contributed by atoms with Gasteiger partial charge >= 0.3 is 0 Å². The van der Waals surface area contributed by atoms with Crippen molar-refractivity contribution in [3.05, 3.63) is 0 Å². The maximum Gasteiger partial charge on any atom is 0.156 e. The second-order valence-corrected chi connectivity index (χ2v) is 4.56. The molecule has 1 aliphatic heterocycles. The first kappa shape index (κ1) is 13.3. The van der Waals surface area contributed by atoms with Crippen LogP contribution < -0.4 is 11.1 Å². The summed E-state index contributed by atoms with van der Waals surface area (Å²) in [4.78, 5) is 2.46. The van der Waals surface area contributed by atoms with E-state index in [0.29, 0.717) is 6.04 Å². The summed E-state index contributed by atoms with van der Waals surface area (Å²) >= 11 is 0. The second kappa shape index (κ2) is 6.70. The van der Waals surface area contributed by atoms with E-state index in [0.717, 1.165) is 13.0 Å². The molecule has 0 radical (unpaired) electrons. The molecule has 2 unspecified atom stereocenters. The van der Waals surface area contributed by atoms with Gasteiger partial charge in [-0.05, 0) is 39.3 Å². The van der Waals surface area contributed by atoms with Crippen molar-refractivity contribution in [1.82, 2.24) is 10.2 Å². The Morgan fingerprint density at radius 1 is 1.50 bits per heavy atom. The van der Waals surface area contributed by atoms with Crippen LogP contribution in [0.5, 0.6) is 0 Å². The lowest BCUT2D eigenvalue weighted by Crippen LogP contribution is -2.48. The van der Waals surface area contributed by atoms with Gasteiger partial charge in [-0.15, -0.1) is 0 Å². The molecule has 1 saturated heterocycles. The van der Waals surface area contributed by atoms with E-state index in [1.165, 1.54) is 25.9 Å². The molecule has 0 aromatic rings. The summed E-state index contributed by atoms with van der Waals surface area (Å²) < 4.78 is 0. The Morgan fingerprint density at radius 3 is 2.62 bits per heavy atom. The average Bonchev–Trinajstić information content (AvgIpc) is 2.77. The minimum absolute atomic E-state index is 0.0254. The number of rotatable bonds is 6. The smallest absolute Gasteiger partial charge is 0.156 e. The fourth-order valence-electron chi connectivity index (χ4n) is 2.23. The third-order valence-corrected chi connectivity index (χ3v) is 3.10. The number of amidine groups is 1. The van der Waals surface area contributed by atoms with Crippen LogP contribution in [0, 0.1) is 0 Å². The lowest BCUT2D eigenvalue weighted by Gasteiger charge is -2.25. The van der Waals surface area contributed by atoms with Gasteiger partial charge in [0.1, 0.15) is 0 Å². The molecule has 0 saturated carbocycles. The molecule has 4 N–H and O–H groups in total. The Bertz CT molecular complexity index is 226. The number of hydrogen-bond acceptors (Lipinski definition) is 4. The van der Waals surface area contributed by atoms with Gasteiger partial charge in [-0.25, -0.2) is 0 Å². The minimum Gasteiger partial charge on any atom is -0.409 e. The number of nitrogens with two attached hydrogens (primary N) is 1. The monoisotopic (exact) mass is 228 g/mol. The zero-order valence-corrected chi connectivity index (χ0v) is 10.3. The Balaban J connectivity index is 2.33. The molecular weight excluding hydrogens is 204 g/mol. The molecule has 1 aliphatic rings. The van der Waals surface area contributed by atoms with Gasteiger partial charge in [-0.1, -0.05) is 12.1 Å². The summed E-state index contributed by atoms with van der Waals surface area (Å²) in [6, 6.07) is 0.339. The quantitative estimate of drug-likeness (QED) is 0.269. The molecule has 2 atom stereocenters. The summed E-state index contributed by atoms with van der Waals surface area (Å²) in [5, 5.41) is 15.1. The molecule has 0 aliphatic carbocycles. The van der Waals surface area contributed by atoms with Crippen LogP contribution in [0.25, 0.3) is 0 Å². The number of hydrogen-bond donors (Lipinski definition) is 3. The first-order chi connectivity index (χ1) is 7.67. The maximum atomic E-state index is 8.65. The summed E-state index contributed by atoms with van der Waals surface area (Å²) in [5.41, 5.74) is 5.61. The van der Waals surface area contributed by atoms with E-state index in [9.17, 15) is 0 Å². The predicted octanol–water partition coefficient (Wildman–Crippen LogP) is 0.585. The predicted molar refractivity (Wildman–Crippen MR) is 65.8 cm³/mol. The van der Waals surface area contributed by atoms with Gasteiger partial charge in [0.05, 0.1) is 6.04 Å². The number of nitrogens with one attached hydrogen (secondary N) is 1. The molecule has 1 heterocycles. The van der Waals surface area contributed by atoms with E-state index in [4.69, 9.17) is 10.9 Å². The highest BCUT2D eigenvalue weighted by atomic mass is 16.4. The highest BCUT2D eigenvalue weighted by Gasteiger charge is 2.18. The van der Waals surface area contributed by atoms with Gasteiger partial charge in [-0.2, -0.15) is 0 Å². The number of nitrogens with zero attached hydrogens (tertiary/aromatic N) is 2. The first-order valence-corrected chi connectivity index (χ1v) is 6.13. The van der Waals surface area contributed by atoms with Gasteiger partial charge in [0.15, 0.2) is 5.84 Å². The molecule has 0 aromatic carbocycles. The molecule has 94 valence electrons. The van der Waals surface area contributed by atoms with Crippen LogP contribution in [0.2, 0.25) is 0 Å². The van der Waals surface area contributed by atoms with Gasteiger partial charge in [0.25, 0.3) is 0 Å². The van der Waals surface area contributed by atoms with E-state index in [1.54, 1.807) is 0 Å². The SMILES string of the molecule is CCC(NC(C)CN1CCCC1)C(N)=NO. The summed E-state index contributed by atoms with van der Waals surface area (Å²) in [5.74, 6) is 0.274. The van der Waals surface area contributed by atoms with E-state index in [1.807, 2.05) is 6.92 Å². The van der Waals surface area contributed by atoms with Crippen LogP contribution in [0.4, 0.5) is 0 Å². The Labute approximate surface area is 97.7 Å². The van der Waals surface area contributed by atoms with Crippen LogP contribution in [0.3, 0.4) is 0 Å². The molecule has 5 nitrogen and oxygen atoms in total. The maximum absolute atomic E-state index is 8.65. The van der Waals surface area contributed by atoms with Crippen molar-refractivity contribution >= 4 is 5.84 Å². The molecule has 1 rings (SSSR count). The van der Waals surface area contributed by atoms with Gasteiger partial charge in [0, 0.05) is 12.6 Å². The fourth-order valence-corrected chi connectivity index (χ4v) is 2.23. The Kier molecular flexibility index (Phi) is 5.55. The van der Waals surface area contributed by atoms with Crippen molar-refractivity contribution in [3.8, 4) is 0 Å². The largest absolute Gasteiger partial charge is 0.409 e. The highest BCUT2D eigenvalue weighted by Crippen LogP contribution is 2.08. The van der Waals surface area contributed by atoms with E-state index >= 15 is 0 Å². The zero-order chi connectivity index (χ0) is 12.0. The minimum atomic E-state index is -0.0254. The van der Waals surface area contributed by atoms with E-state index in [-0.39, 0.29) is 11.9 Å². The third kappa shape index (κ3) is 3.98. The van der Waals surface area contributed by atoms with Crippen LogP contribution in [-0.4, -0.2) is 47.7 Å². The van der Waals surface area contributed by atoms with Crippen molar-refractivity contribution < 1.29 is 5.21 Å². The van der Waals surface area contributed by atoms with Crippen LogP contribution >= 0.6 is 0 Å². The number of oxime groups is 1. The zero-order valence-electron chi connectivity index (χ0n) is 10.3. The molecule has 1 fully saturated rings. The molecule has 0 spiro atoms. The normalized spacial score (nSPS) is 22.2. The van der Waals surface area contributed by atoms with Gasteiger partial charge in [0.2, 0.25) is 0 Å². The van der Waals surface area contributed by atoms with Gasteiger partial charge in [-0.3, -0.25) is 0 Å². The molecule has 5 heteroatoms. The van der Waals surface area contributed by atoms with Crippen molar-refractivity contribution in [2.24, 2.45) is 10.9 Å². The standard InChI is InChI=1S/C11H24N4O/c1-3-10(11(12)14-16)13-9(2)8-15-6-4-5-7-15/h9-10,13,16H,3-8H2,1-2H3,(H2,12,14). The van der Waals surface area contributed by atoms with Gasteiger partial charge < -0.3 is 21.2 Å². The molecular formula is C11H24N4O. The average molecular weight is 228 g/mol. The van der Waals surface area contributed by atoms with Crippen molar-refractivity contribution in [2.75, 3.05) is 19.6 Å². The highest BCUT2D eigenvalue weighted by molar-refractivity contribution is 5.85. The fraction of sp³-hybridized carbons (Fsp3) is 0.909. The van der Waals surface area contributed by atoms with E-state index in [2.05, 4.69) is 22.3 Å². The van der Waals surface area contributed by atoms with Crippen LogP contribution in [0.1, 0.15) is 33.1 Å². The molecule has 16 heavy (non-hydrogen) atoms. The molecule has 0 aromatic heterocycles. The third-order valence-electron chi connectivity index (χ3n) is 3.10. The topological polar surface area (TPSA) is 73.9 Å². The Morgan fingerprint density at radius 2 is 2.12 bits per heavy atom. The summed E-state index contributed by atoms with van der Waals surface area (Å²) in [7, 11) is 0.